The largest absolute Gasteiger partial charge is 0.383 e. The van der Waals surface area contributed by atoms with Crippen molar-refractivity contribution in [2.24, 2.45) is 22.6 Å². The molecular formula is C20H34N4. The first-order valence-electron chi connectivity index (χ1n) is 8.85. The second kappa shape index (κ2) is 9.58. The quantitative estimate of drug-likeness (QED) is 0.177. The molecule has 1 saturated carbocycles. The molecule has 0 aromatic heterocycles. The lowest BCUT2D eigenvalue weighted by Crippen LogP contribution is -2.24. The van der Waals surface area contributed by atoms with Crippen LogP contribution in [0.3, 0.4) is 0 Å². The number of nitrogens with one attached hydrogen (secondary N) is 2. The van der Waals surface area contributed by atoms with E-state index >= 15 is 0 Å². The van der Waals surface area contributed by atoms with Crippen LogP contribution < -0.4 is 11.1 Å². The molecule has 0 amide bonds. The van der Waals surface area contributed by atoms with Crippen molar-refractivity contribution in [3.8, 4) is 0 Å². The maximum Gasteiger partial charge on any atom is 0.127 e. The molecule has 4 N–H and O–H groups in total. The van der Waals surface area contributed by atoms with Crippen molar-refractivity contribution in [3.63, 3.8) is 0 Å². The van der Waals surface area contributed by atoms with Crippen LogP contribution in [0, 0.1) is 17.2 Å². The van der Waals surface area contributed by atoms with Crippen molar-refractivity contribution >= 4 is 11.5 Å². The van der Waals surface area contributed by atoms with Crippen molar-refractivity contribution in [1.82, 2.24) is 5.32 Å². The summed E-state index contributed by atoms with van der Waals surface area (Å²) in [7, 11) is 1.68. The Morgan fingerprint density at radius 2 is 1.96 bits per heavy atom. The van der Waals surface area contributed by atoms with E-state index in [4.69, 9.17) is 11.1 Å². The third-order valence-electron chi connectivity index (χ3n) is 4.20. The first-order valence-corrected chi connectivity index (χ1v) is 8.85. The molecule has 0 radical (unpaired) electrons. The minimum absolute atomic E-state index is 0.329. The molecule has 134 valence electrons. The lowest BCUT2D eigenvalue weighted by atomic mass is 9.90. The number of nitrogens with two attached hydrogens (primary N) is 1. The molecule has 0 heterocycles. The van der Waals surface area contributed by atoms with E-state index in [1.165, 1.54) is 0 Å². The van der Waals surface area contributed by atoms with Gasteiger partial charge in [0.15, 0.2) is 0 Å². The van der Waals surface area contributed by atoms with Crippen LogP contribution in [-0.2, 0) is 0 Å². The van der Waals surface area contributed by atoms with Crippen LogP contribution in [0.25, 0.3) is 0 Å². The van der Waals surface area contributed by atoms with Gasteiger partial charge in [-0.05, 0) is 57.2 Å². The van der Waals surface area contributed by atoms with Crippen LogP contribution in [0.15, 0.2) is 40.4 Å². The second-order valence-corrected chi connectivity index (χ2v) is 7.21. The number of rotatable bonds is 11. The van der Waals surface area contributed by atoms with E-state index < -0.39 is 0 Å². The lowest BCUT2D eigenvalue weighted by Gasteiger charge is -2.18. The monoisotopic (exact) mass is 330 g/mol. The number of hydrogen-bond acceptors (Lipinski definition) is 3. The van der Waals surface area contributed by atoms with Gasteiger partial charge in [-0.2, -0.15) is 0 Å². The molecule has 1 aliphatic rings. The fraction of sp³-hybridized carbons (Fsp3) is 0.600. The normalized spacial score (nSPS) is 16.1. The van der Waals surface area contributed by atoms with Gasteiger partial charge in [-0.25, -0.2) is 0 Å². The van der Waals surface area contributed by atoms with Gasteiger partial charge in [0, 0.05) is 24.3 Å². The van der Waals surface area contributed by atoms with E-state index in [2.05, 4.69) is 37.3 Å². The van der Waals surface area contributed by atoms with Gasteiger partial charge in [0.2, 0.25) is 0 Å². The third-order valence-corrected chi connectivity index (χ3v) is 4.20. The highest BCUT2D eigenvalue weighted by Gasteiger charge is 2.31. The van der Waals surface area contributed by atoms with Gasteiger partial charge in [0.1, 0.15) is 5.84 Å². The van der Waals surface area contributed by atoms with Crippen molar-refractivity contribution in [1.29, 1.82) is 5.41 Å². The second-order valence-electron chi connectivity index (χ2n) is 7.21. The SMILES string of the molecule is C=C(CCNCC(C)C)C/C(C(=C)C)=C(\C(=N)C1CC1)C(N)=NC. The molecule has 1 aliphatic carbocycles. The van der Waals surface area contributed by atoms with Crippen molar-refractivity contribution in [2.45, 2.75) is 46.5 Å². The summed E-state index contributed by atoms with van der Waals surface area (Å²) in [5.41, 5.74) is 10.6. The van der Waals surface area contributed by atoms with Crippen LogP contribution in [0.5, 0.6) is 0 Å². The minimum Gasteiger partial charge on any atom is -0.383 e. The van der Waals surface area contributed by atoms with Crippen molar-refractivity contribution in [3.05, 3.63) is 35.5 Å². The maximum absolute atomic E-state index is 8.48. The van der Waals surface area contributed by atoms with E-state index in [0.29, 0.717) is 29.8 Å². The summed E-state index contributed by atoms with van der Waals surface area (Å²) in [6.07, 6.45) is 3.77. The lowest BCUT2D eigenvalue weighted by molar-refractivity contribution is 0.552. The predicted molar refractivity (Wildman–Crippen MR) is 106 cm³/mol. The molecule has 24 heavy (non-hydrogen) atoms. The molecule has 0 bridgehead atoms. The summed E-state index contributed by atoms with van der Waals surface area (Å²) in [6.45, 7) is 16.6. The van der Waals surface area contributed by atoms with Gasteiger partial charge in [-0.1, -0.05) is 38.2 Å². The fourth-order valence-corrected chi connectivity index (χ4v) is 2.59. The first kappa shape index (κ1) is 20.4. The number of aliphatic imine (C=N–C) groups is 1. The van der Waals surface area contributed by atoms with Gasteiger partial charge < -0.3 is 16.5 Å². The van der Waals surface area contributed by atoms with E-state index in [1.54, 1.807) is 7.05 Å². The van der Waals surface area contributed by atoms with Crippen LogP contribution in [0.1, 0.15) is 46.5 Å². The van der Waals surface area contributed by atoms with Gasteiger partial charge in [-0.3, -0.25) is 4.99 Å². The average molecular weight is 331 g/mol. The molecule has 0 spiro atoms. The Morgan fingerprint density at radius 1 is 1.33 bits per heavy atom. The summed E-state index contributed by atoms with van der Waals surface area (Å²) in [4.78, 5) is 4.14. The summed E-state index contributed by atoms with van der Waals surface area (Å²) < 4.78 is 0. The molecular weight excluding hydrogens is 296 g/mol. The Bertz CT molecular complexity index is 548. The molecule has 0 aliphatic heterocycles. The Hall–Kier alpha value is -1.68. The topological polar surface area (TPSA) is 74.3 Å². The Kier molecular flexibility index (Phi) is 8.13. The molecule has 4 nitrogen and oxygen atoms in total. The smallest absolute Gasteiger partial charge is 0.127 e. The number of nitrogens with zero attached hydrogens (tertiary/aromatic N) is 1. The maximum atomic E-state index is 8.48. The molecule has 1 rings (SSSR count). The summed E-state index contributed by atoms with van der Waals surface area (Å²) in [6, 6.07) is 0. The molecule has 0 saturated heterocycles. The van der Waals surface area contributed by atoms with Gasteiger partial charge in [0.25, 0.3) is 0 Å². The number of allylic oxidation sites excluding steroid dienone is 2. The van der Waals surface area contributed by atoms with Crippen LogP contribution >= 0.6 is 0 Å². The van der Waals surface area contributed by atoms with E-state index in [-0.39, 0.29) is 0 Å². The highest BCUT2D eigenvalue weighted by molar-refractivity contribution is 6.24. The highest BCUT2D eigenvalue weighted by Crippen LogP contribution is 2.35. The predicted octanol–water partition coefficient (Wildman–Crippen LogP) is 3.86. The van der Waals surface area contributed by atoms with E-state index in [1.807, 2.05) is 6.92 Å². The van der Waals surface area contributed by atoms with Crippen LogP contribution in [0.2, 0.25) is 0 Å². The Balaban J connectivity index is 2.87. The fourth-order valence-electron chi connectivity index (χ4n) is 2.59. The Morgan fingerprint density at radius 3 is 2.42 bits per heavy atom. The van der Waals surface area contributed by atoms with Gasteiger partial charge in [-0.15, -0.1) is 0 Å². The molecule has 0 aromatic rings. The van der Waals surface area contributed by atoms with Crippen LogP contribution in [0.4, 0.5) is 0 Å². The molecule has 0 atom stereocenters. The Labute approximate surface area is 147 Å². The minimum atomic E-state index is 0.329. The van der Waals surface area contributed by atoms with Crippen molar-refractivity contribution in [2.75, 3.05) is 20.1 Å². The van der Waals surface area contributed by atoms with Gasteiger partial charge >= 0.3 is 0 Å². The summed E-state index contributed by atoms with van der Waals surface area (Å²) in [5.74, 6) is 1.42. The molecule has 0 aromatic carbocycles. The first-order chi connectivity index (χ1) is 11.3. The van der Waals surface area contributed by atoms with Crippen LogP contribution in [-0.4, -0.2) is 31.7 Å². The zero-order valence-corrected chi connectivity index (χ0v) is 15.8. The van der Waals surface area contributed by atoms with E-state index in [0.717, 1.165) is 54.6 Å². The van der Waals surface area contributed by atoms with E-state index in [9.17, 15) is 0 Å². The molecule has 0 unspecified atom stereocenters. The molecule has 4 heteroatoms. The number of hydrogen-bond donors (Lipinski definition) is 3. The summed E-state index contributed by atoms with van der Waals surface area (Å²) >= 11 is 0. The zero-order valence-electron chi connectivity index (χ0n) is 15.8. The summed E-state index contributed by atoms with van der Waals surface area (Å²) in [5, 5.41) is 11.9. The molecule has 1 fully saturated rings. The van der Waals surface area contributed by atoms with Crippen molar-refractivity contribution < 1.29 is 0 Å². The standard InChI is InChI=1S/C20H34N4/c1-13(2)12-24-10-9-15(5)11-17(14(3)4)18(20(22)23-6)19(21)16-7-8-16/h13,16,21,24H,3,5,7-12H2,1-2,4,6H3,(H2,22,23)/b18-17-,21-19?. The van der Waals surface area contributed by atoms with Gasteiger partial charge in [0.05, 0.1) is 0 Å². The highest BCUT2D eigenvalue weighted by atomic mass is 14.8. The third kappa shape index (κ3) is 6.44. The zero-order chi connectivity index (χ0) is 18.3. The average Bonchev–Trinajstić information content (AvgIpc) is 3.34. The number of amidine groups is 1.